The standard InChI is InChI=1S/C31H31N5O/c37-31-18-24(23-7-2-1-3-8-23)14-15-36(31)29-11-4-6-22(16-29)20-32-26-9-5-10-27(19-26)34-28-12-13-30-25(17-28)21-33-35-30/h1-4,6-8,11-18,21,26-27,32,34H,5,9-10,19-20H2,(H,33,35)/t26-,27+/m0/s1. The third-order valence-corrected chi connectivity index (χ3v) is 7.30. The molecule has 0 aliphatic heterocycles. The van der Waals surface area contributed by atoms with Crippen molar-refractivity contribution in [1.29, 1.82) is 0 Å². The van der Waals surface area contributed by atoms with Crippen molar-refractivity contribution in [3.05, 3.63) is 113 Å². The maximum Gasteiger partial charge on any atom is 0.255 e. The maximum atomic E-state index is 12.9. The van der Waals surface area contributed by atoms with E-state index in [2.05, 4.69) is 51.2 Å². The summed E-state index contributed by atoms with van der Waals surface area (Å²) < 4.78 is 1.72. The Balaban J connectivity index is 1.09. The van der Waals surface area contributed by atoms with Gasteiger partial charge < -0.3 is 10.6 Å². The van der Waals surface area contributed by atoms with E-state index in [9.17, 15) is 4.79 Å². The minimum atomic E-state index is -0.0266. The molecule has 0 bridgehead atoms. The summed E-state index contributed by atoms with van der Waals surface area (Å²) in [6.45, 7) is 0.781. The van der Waals surface area contributed by atoms with E-state index in [0.29, 0.717) is 12.1 Å². The SMILES string of the molecule is O=c1cc(-c2ccccc2)ccn1-c1cccc(CN[C@H]2CCC[C@@H](Nc3ccc4[nH]ncc4c3)C2)c1. The Bertz CT molecular complexity index is 1550. The van der Waals surface area contributed by atoms with Gasteiger partial charge in [0, 0.05) is 47.7 Å². The first-order valence-corrected chi connectivity index (χ1v) is 13.0. The fourth-order valence-electron chi connectivity index (χ4n) is 5.36. The molecule has 186 valence electrons. The van der Waals surface area contributed by atoms with E-state index in [0.717, 1.165) is 46.4 Å². The Morgan fingerprint density at radius 1 is 0.892 bits per heavy atom. The third kappa shape index (κ3) is 5.34. The number of nitrogens with zero attached hydrogens (tertiary/aromatic N) is 2. The van der Waals surface area contributed by atoms with Crippen LogP contribution in [0.3, 0.4) is 0 Å². The summed E-state index contributed by atoms with van der Waals surface area (Å²) in [5.74, 6) is 0. The van der Waals surface area contributed by atoms with Gasteiger partial charge in [-0.05, 0) is 78.8 Å². The average Bonchev–Trinajstić information content (AvgIpc) is 3.41. The van der Waals surface area contributed by atoms with Crippen molar-refractivity contribution < 1.29 is 0 Å². The predicted molar refractivity (Wildman–Crippen MR) is 150 cm³/mol. The summed E-state index contributed by atoms with van der Waals surface area (Å²) in [6.07, 6.45) is 8.38. The first kappa shape index (κ1) is 23.3. The topological polar surface area (TPSA) is 74.7 Å². The molecule has 0 saturated heterocycles. The number of anilines is 1. The molecule has 3 aromatic carbocycles. The number of benzene rings is 3. The van der Waals surface area contributed by atoms with Crippen molar-refractivity contribution in [1.82, 2.24) is 20.1 Å². The molecular weight excluding hydrogens is 458 g/mol. The van der Waals surface area contributed by atoms with E-state index in [1.807, 2.05) is 60.9 Å². The van der Waals surface area contributed by atoms with E-state index in [-0.39, 0.29) is 5.56 Å². The van der Waals surface area contributed by atoms with E-state index in [1.54, 1.807) is 10.6 Å². The van der Waals surface area contributed by atoms with Crippen LogP contribution < -0.4 is 16.2 Å². The second-order valence-corrected chi connectivity index (χ2v) is 9.92. The van der Waals surface area contributed by atoms with Gasteiger partial charge in [0.05, 0.1) is 11.7 Å². The summed E-state index contributed by atoms with van der Waals surface area (Å²) in [5, 5.41) is 15.7. The highest BCUT2D eigenvalue weighted by Gasteiger charge is 2.21. The van der Waals surface area contributed by atoms with Crippen LogP contribution in [0.2, 0.25) is 0 Å². The first-order chi connectivity index (χ1) is 18.2. The molecular formula is C31H31N5O. The zero-order valence-electron chi connectivity index (χ0n) is 20.7. The lowest BCUT2D eigenvalue weighted by atomic mass is 9.90. The van der Waals surface area contributed by atoms with Crippen LogP contribution in [0.5, 0.6) is 0 Å². The molecule has 1 aliphatic carbocycles. The molecule has 2 aromatic heterocycles. The van der Waals surface area contributed by atoms with Crippen LogP contribution in [0.15, 0.2) is 102 Å². The Morgan fingerprint density at radius 3 is 2.68 bits per heavy atom. The Kier molecular flexibility index (Phi) is 6.57. The van der Waals surface area contributed by atoms with Crippen LogP contribution in [0.4, 0.5) is 5.69 Å². The molecule has 1 fully saturated rings. The molecule has 1 saturated carbocycles. The molecule has 3 N–H and O–H groups in total. The van der Waals surface area contributed by atoms with Crippen LogP contribution in [0, 0.1) is 0 Å². The summed E-state index contributed by atoms with van der Waals surface area (Å²) in [4.78, 5) is 12.9. The van der Waals surface area contributed by atoms with Crippen LogP contribution in [0.1, 0.15) is 31.2 Å². The van der Waals surface area contributed by atoms with E-state index in [1.165, 1.54) is 24.8 Å². The molecule has 5 aromatic rings. The van der Waals surface area contributed by atoms with Gasteiger partial charge in [0.25, 0.3) is 5.56 Å². The molecule has 2 atom stereocenters. The van der Waals surface area contributed by atoms with Crippen LogP contribution in [-0.4, -0.2) is 26.8 Å². The minimum Gasteiger partial charge on any atom is -0.382 e. The molecule has 6 nitrogen and oxygen atoms in total. The van der Waals surface area contributed by atoms with Crippen LogP contribution in [-0.2, 0) is 6.54 Å². The van der Waals surface area contributed by atoms with Crippen molar-refractivity contribution in [2.75, 3.05) is 5.32 Å². The lowest BCUT2D eigenvalue weighted by molar-refractivity contribution is 0.350. The fourth-order valence-corrected chi connectivity index (χ4v) is 5.36. The Morgan fingerprint density at radius 2 is 1.78 bits per heavy atom. The number of H-pyrrole nitrogens is 1. The molecule has 2 heterocycles. The normalized spacial score (nSPS) is 17.6. The molecule has 0 radical (unpaired) electrons. The van der Waals surface area contributed by atoms with Crippen molar-refractivity contribution in [2.24, 2.45) is 0 Å². The van der Waals surface area contributed by atoms with E-state index in [4.69, 9.17) is 0 Å². The highest BCUT2D eigenvalue weighted by Crippen LogP contribution is 2.25. The Hall–Kier alpha value is -4.16. The number of pyridine rings is 1. The molecule has 6 heteroatoms. The molecule has 0 spiro atoms. The van der Waals surface area contributed by atoms with E-state index < -0.39 is 0 Å². The zero-order valence-corrected chi connectivity index (χ0v) is 20.7. The van der Waals surface area contributed by atoms with Gasteiger partial charge in [0.1, 0.15) is 0 Å². The van der Waals surface area contributed by atoms with Gasteiger partial charge >= 0.3 is 0 Å². The maximum absolute atomic E-state index is 12.9. The second kappa shape index (κ2) is 10.4. The van der Waals surface area contributed by atoms with Gasteiger partial charge in [-0.15, -0.1) is 0 Å². The van der Waals surface area contributed by atoms with Gasteiger partial charge in [0.2, 0.25) is 0 Å². The highest BCUT2D eigenvalue weighted by atomic mass is 16.1. The third-order valence-electron chi connectivity index (χ3n) is 7.30. The van der Waals surface area contributed by atoms with Crippen molar-refractivity contribution in [3.8, 4) is 16.8 Å². The van der Waals surface area contributed by atoms with Crippen molar-refractivity contribution in [2.45, 2.75) is 44.3 Å². The predicted octanol–water partition coefficient (Wildman–Crippen LogP) is 5.89. The number of rotatable bonds is 7. The van der Waals surface area contributed by atoms with E-state index >= 15 is 0 Å². The quantitative estimate of drug-likeness (QED) is 0.266. The number of nitrogens with one attached hydrogen (secondary N) is 3. The summed E-state index contributed by atoms with van der Waals surface area (Å²) in [7, 11) is 0. The lowest BCUT2D eigenvalue weighted by Gasteiger charge is -2.31. The molecule has 0 amide bonds. The van der Waals surface area contributed by atoms with Gasteiger partial charge in [-0.2, -0.15) is 5.10 Å². The molecule has 6 rings (SSSR count). The van der Waals surface area contributed by atoms with Crippen molar-refractivity contribution in [3.63, 3.8) is 0 Å². The first-order valence-electron chi connectivity index (χ1n) is 13.0. The summed E-state index contributed by atoms with van der Waals surface area (Å²) in [5.41, 5.74) is 6.23. The Labute approximate surface area is 216 Å². The molecule has 0 unspecified atom stereocenters. The van der Waals surface area contributed by atoms with Crippen LogP contribution >= 0.6 is 0 Å². The van der Waals surface area contributed by atoms with Gasteiger partial charge in [-0.1, -0.05) is 42.5 Å². The minimum absolute atomic E-state index is 0.0266. The zero-order chi connectivity index (χ0) is 25.0. The largest absolute Gasteiger partial charge is 0.382 e. The number of aromatic nitrogens is 3. The monoisotopic (exact) mass is 489 g/mol. The number of hydrogen-bond acceptors (Lipinski definition) is 4. The highest BCUT2D eigenvalue weighted by molar-refractivity contribution is 5.81. The molecule has 37 heavy (non-hydrogen) atoms. The molecule has 1 aliphatic rings. The van der Waals surface area contributed by atoms with Gasteiger partial charge in [0.15, 0.2) is 0 Å². The number of fused-ring (bicyclic) bond motifs is 1. The smallest absolute Gasteiger partial charge is 0.255 e. The lowest BCUT2D eigenvalue weighted by Crippen LogP contribution is -2.38. The van der Waals surface area contributed by atoms with Gasteiger partial charge in [-0.3, -0.25) is 14.5 Å². The average molecular weight is 490 g/mol. The number of hydrogen-bond donors (Lipinski definition) is 3. The van der Waals surface area contributed by atoms with Crippen LogP contribution in [0.25, 0.3) is 27.7 Å². The summed E-state index contributed by atoms with van der Waals surface area (Å²) >= 11 is 0. The fraction of sp³-hybridized carbons (Fsp3) is 0.226. The second-order valence-electron chi connectivity index (χ2n) is 9.92. The van der Waals surface area contributed by atoms with Gasteiger partial charge in [-0.25, -0.2) is 0 Å². The summed E-state index contributed by atoms with van der Waals surface area (Å²) in [6, 6.07) is 29.2. The number of aromatic amines is 1. The van der Waals surface area contributed by atoms with Crippen molar-refractivity contribution >= 4 is 16.6 Å².